The van der Waals surface area contributed by atoms with Crippen LogP contribution in [0.5, 0.6) is 0 Å². The van der Waals surface area contributed by atoms with Gasteiger partial charge in [-0.05, 0) is 61.4 Å². The van der Waals surface area contributed by atoms with Gasteiger partial charge in [-0.15, -0.1) is 0 Å². The van der Waals surface area contributed by atoms with E-state index < -0.39 is 0 Å². The fraction of sp³-hybridized carbons (Fsp3) is 0.526. The van der Waals surface area contributed by atoms with Crippen LogP contribution in [0.15, 0.2) is 36.5 Å². The van der Waals surface area contributed by atoms with Crippen molar-refractivity contribution < 1.29 is 0 Å². The largest absolute Gasteiger partial charge is 0.313 e. The van der Waals surface area contributed by atoms with E-state index in [1.165, 1.54) is 30.2 Å². The molecule has 4 atom stereocenters. The maximum atomic E-state index is 4.42. The lowest BCUT2D eigenvalue weighted by Crippen LogP contribution is -2.31. The zero-order chi connectivity index (χ0) is 14.8. The van der Waals surface area contributed by atoms with E-state index in [1.54, 1.807) is 0 Å². The Labute approximate surface area is 128 Å². The van der Waals surface area contributed by atoms with Gasteiger partial charge in [0.15, 0.2) is 0 Å². The Morgan fingerprint density at radius 2 is 2.00 bits per heavy atom. The molecule has 1 saturated carbocycles. The minimum absolute atomic E-state index is 0.463. The van der Waals surface area contributed by atoms with Gasteiger partial charge in [-0.1, -0.05) is 32.4 Å². The summed E-state index contributed by atoms with van der Waals surface area (Å²) in [6.45, 7) is 4.81. The predicted molar refractivity (Wildman–Crippen MR) is 89.2 cm³/mol. The summed E-state index contributed by atoms with van der Waals surface area (Å²) in [5.41, 5.74) is 2.49. The van der Waals surface area contributed by atoms with Crippen LogP contribution < -0.4 is 5.32 Å². The summed E-state index contributed by atoms with van der Waals surface area (Å²) < 4.78 is 0. The van der Waals surface area contributed by atoms with Gasteiger partial charge in [0.25, 0.3) is 0 Å². The first-order chi connectivity index (χ1) is 10.2. The highest BCUT2D eigenvalue weighted by Crippen LogP contribution is 2.40. The number of rotatable bonds is 3. The van der Waals surface area contributed by atoms with Crippen LogP contribution in [0.4, 0.5) is 0 Å². The Bertz CT molecular complexity index is 607. The van der Waals surface area contributed by atoms with Gasteiger partial charge in [-0.3, -0.25) is 4.98 Å². The van der Waals surface area contributed by atoms with Gasteiger partial charge in [0.1, 0.15) is 0 Å². The van der Waals surface area contributed by atoms with Gasteiger partial charge in [-0.25, -0.2) is 0 Å². The van der Waals surface area contributed by atoms with Crippen molar-refractivity contribution in [2.75, 3.05) is 7.05 Å². The first kappa shape index (κ1) is 14.5. The predicted octanol–water partition coefficient (Wildman–Crippen LogP) is 4.57. The molecule has 1 aliphatic carbocycles. The molecule has 2 aromatic rings. The monoisotopic (exact) mass is 282 g/mol. The first-order valence-corrected chi connectivity index (χ1v) is 8.21. The molecule has 4 unspecified atom stereocenters. The number of nitrogens with one attached hydrogen (secondary N) is 1. The molecular weight excluding hydrogens is 256 g/mol. The van der Waals surface area contributed by atoms with E-state index in [0.29, 0.717) is 6.04 Å². The summed E-state index contributed by atoms with van der Waals surface area (Å²) in [6, 6.07) is 11.4. The SMILES string of the molecule is CNC(c1ccc2ncccc2c1)C1CCC(C)C(C)C1. The Balaban J connectivity index is 1.87. The van der Waals surface area contributed by atoms with Crippen molar-refractivity contribution in [2.45, 2.75) is 39.2 Å². The highest BCUT2D eigenvalue weighted by atomic mass is 14.9. The molecule has 0 aliphatic heterocycles. The van der Waals surface area contributed by atoms with E-state index in [2.05, 4.69) is 55.5 Å². The van der Waals surface area contributed by atoms with Gasteiger partial charge >= 0.3 is 0 Å². The van der Waals surface area contributed by atoms with Crippen molar-refractivity contribution in [3.63, 3.8) is 0 Å². The molecule has 2 nitrogen and oxygen atoms in total. The normalized spacial score (nSPS) is 27.7. The molecular formula is C19H26N2. The molecule has 0 radical (unpaired) electrons. The first-order valence-electron chi connectivity index (χ1n) is 8.21. The van der Waals surface area contributed by atoms with Gasteiger partial charge in [0.05, 0.1) is 5.52 Å². The smallest absolute Gasteiger partial charge is 0.0702 e. The third kappa shape index (κ3) is 2.96. The minimum Gasteiger partial charge on any atom is -0.313 e. The van der Waals surface area contributed by atoms with Crippen molar-refractivity contribution in [1.82, 2.24) is 10.3 Å². The Hall–Kier alpha value is -1.41. The summed E-state index contributed by atoms with van der Waals surface area (Å²) in [5.74, 6) is 2.46. The van der Waals surface area contributed by atoms with Crippen LogP contribution in [0, 0.1) is 17.8 Å². The van der Waals surface area contributed by atoms with Gasteiger partial charge in [-0.2, -0.15) is 0 Å². The summed E-state index contributed by atoms with van der Waals surface area (Å²) in [6.07, 6.45) is 5.89. The average molecular weight is 282 g/mol. The van der Waals surface area contributed by atoms with E-state index >= 15 is 0 Å². The quantitative estimate of drug-likeness (QED) is 0.892. The second-order valence-corrected chi connectivity index (χ2v) is 6.75. The summed E-state index contributed by atoms with van der Waals surface area (Å²) in [4.78, 5) is 4.42. The van der Waals surface area contributed by atoms with Crippen molar-refractivity contribution in [2.24, 2.45) is 17.8 Å². The van der Waals surface area contributed by atoms with Crippen LogP contribution in [0.3, 0.4) is 0 Å². The molecule has 21 heavy (non-hydrogen) atoms. The molecule has 1 aromatic heterocycles. The lowest BCUT2D eigenvalue weighted by molar-refractivity contribution is 0.175. The number of hydrogen-bond acceptors (Lipinski definition) is 2. The number of aromatic nitrogens is 1. The summed E-state index contributed by atoms with van der Waals surface area (Å²) in [7, 11) is 2.10. The van der Waals surface area contributed by atoms with Crippen LogP contribution in [-0.2, 0) is 0 Å². The van der Waals surface area contributed by atoms with Crippen molar-refractivity contribution in [3.8, 4) is 0 Å². The molecule has 1 aliphatic rings. The topological polar surface area (TPSA) is 24.9 Å². The summed E-state index contributed by atoms with van der Waals surface area (Å²) >= 11 is 0. The Morgan fingerprint density at radius 1 is 1.14 bits per heavy atom. The molecule has 0 spiro atoms. The fourth-order valence-corrected chi connectivity index (χ4v) is 3.85. The van der Waals surface area contributed by atoms with Crippen LogP contribution in [0.25, 0.3) is 10.9 Å². The molecule has 0 bridgehead atoms. The molecule has 1 N–H and O–H groups in total. The Kier molecular flexibility index (Phi) is 4.25. The number of benzene rings is 1. The van der Waals surface area contributed by atoms with Crippen LogP contribution in [0.2, 0.25) is 0 Å². The molecule has 1 aromatic carbocycles. The standard InChI is InChI=1S/C19H26N2/c1-13-6-7-16(11-14(13)2)19(20-3)17-8-9-18-15(12-17)5-4-10-21-18/h4-5,8-10,12-14,16,19-20H,6-7,11H2,1-3H3. The van der Waals surface area contributed by atoms with E-state index in [4.69, 9.17) is 0 Å². The highest BCUT2D eigenvalue weighted by Gasteiger charge is 2.30. The number of pyridine rings is 1. The number of hydrogen-bond donors (Lipinski definition) is 1. The number of nitrogens with zero attached hydrogens (tertiary/aromatic N) is 1. The molecule has 3 rings (SSSR count). The van der Waals surface area contributed by atoms with Crippen molar-refractivity contribution in [3.05, 3.63) is 42.1 Å². The van der Waals surface area contributed by atoms with Crippen LogP contribution in [-0.4, -0.2) is 12.0 Å². The molecule has 2 heteroatoms. The highest BCUT2D eigenvalue weighted by molar-refractivity contribution is 5.79. The third-order valence-electron chi connectivity index (χ3n) is 5.41. The van der Waals surface area contributed by atoms with Crippen molar-refractivity contribution in [1.29, 1.82) is 0 Å². The van der Waals surface area contributed by atoms with E-state index in [1.807, 2.05) is 12.3 Å². The molecule has 112 valence electrons. The second-order valence-electron chi connectivity index (χ2n) is 6.75. The zero-order valence-electron chi connectivity index (χ0n) is 13.3. The fourth-order valence-electron chi connectivity index (χ4n) is 3.85. The van der Waals surface area contributed by atoms with Gasteiger partial charge in [0.2, 0.25) is 0 Å². The lowest BCUT2D eigenvalue weighted by Gasteiger charge is -2.37. The molecule has 0 saturated heterocycles. The average Bonchev–Trinajstić information content (AvgIpc) is 2.51. The van der Waals surface area contributed by atoms with Gasteiger partial charge in [0, 0.05) is 17.6 Å². The van der Waals surface area contributed by atoms with E-state index in [-0.39, 0.29) is 0 Å². The van der Waals surface area contributed by atoms with E-state index in [9.17, 15) is 0 Å². The van der Waals surface area contributed by atoms with Gasteiger partial charge < -0.3 is 5.32 Å². The Morgan fingerprint density at radius 3 is 2.76 bits per heavy atom. The van der Waals surface area contributed by atoms with E-state index in [0.717, 1.165) is 23.3 Å². The maximum Gasteiger partial charge on any atom is 0.0702 e. The second kappa shape index (κ2) is 6.15. The molecule has 0 amide bonds. The maximum absolute atomic E-state index is 4.42. The zero-order valence-corrected chi connectivity index (χ0v) is 13.3. The lowest BCUT2D eigenvalue weighted by atomic mass is 9.72. The molecule has 1 fully saturated rings. The van der Waals surface area contributed by atoms with Crippen LogP contribution in [0.1, 0.15) is 44.7 Å². The third-order valence-corrected chi connectivity index (χ3v) is 5.41. The minimum atomic E-state index is 0.463. The molecule has 1 heterocycles. The van der Waals surface area contributed by atoms with Crippen molar-refractivity contribution >= 4 is 10.9 Å². The summed E-state index contributed by atoms with van der Waals surface area (Å²) in [5, 5.41) is 4.81. The number of fused-ring (bicyclic) bond motifs is 1. The van der Waals surface area contributed by atoms with Crippen LogP contribution >= 0.6 is 0 Å².